The Kier molecular flexibility index (Phi) is 5.01. The molecule has 2 N–H and O–H groups in total. The fourth-order valence-electron chi connectivity index (χ4n) is 2.84. The molecule has 0 aliphatic carbocycles. The number of carbonyl (C=O) groups is 1. The molecular formula is C18H22N2OS. The quantitative estimate of drug-likeness (QED) is 0.852. The second kappa shape index (κ2) is 7.16. The van der Waals surface area contributed by atoms with Crippen LogP contribution < -0.4 is 10.6 Å². The minimum atomic E-state index is 0.124. The van der Waals surface area contributed by atoms with Gasteiger partial charge in [0.1, 0.15) is 0 Å². The standard InChI is InChI=1S/C18H22N2OS/c1-13-8-9-19-11-17(13)20-18(21)12-22-16-7-6-14-4-2-3-5-15(14)10-16/h2-7,10,13,17,19H,8-9,11-12H2,1H3,(H,20,21). The number of carbonyl (C=O) groups excluding carboxylic acids is 1. The molecule has 0 spiro atoms. The van der Waals surface area contributed by atoms with Gasteiger partial charge in [-0.25, -0.2) is 0 Å². The third-order valence-electron chi connectivity index (χ3n) is 4.26. The first kappa shape index (κ1) is 15.4. The topological polar surface area (TPSA) is 41.1 Å². The van der Waals surface area contributed by atoms with Gasteiger partial charge in [-0.1, -0.05) is 37.3 Å². The molecule has 1 saturated heterocycles. The number of benzene rings is 2. The number of thioether (sulfide) groups is 1. The zero-order valence-corrected chi connectivity index (χ0v) is 13.7. The lowest BCUT2D eigenvalue weighted by atomic mass is 9.95. The fourth-order valence-corrected chi connectivity index (χ4v) is 3.59. The van der Waals surface area contributed by atoms with Crippen LogP contribution in [-0.2, 0) is 4.79 Å². The molecule has 0 radical (unpaired) electrons. The van der Waals surface area contributed by atoms with E-state index in [0.717, 1.165) is 24.4 Å². The summed E-state index contributed by atoms with van der Waals surface area (Å²) in [4.78, 5) is 13.3. The normalized spacial score (nSPS) is 21.7. The van der Waals surface area contributed by atoms with E-state index < -0.39 is 0 Å². The molecule has 1 amide bonds. The van der Waals surface area contributed by atoms with Crippen LogP contribution in [0.4, 0.5) is 0 Å². The minimum Gasteiger partial charge on any atom is -0.351 e. The van der Waals surface area contributed by atoms with Gasteiger partial charge in [0.25, 0.3) is 0 Å². The van der Waals surface area contributed by atoms with Crippen LogP contribution in [0.15, 0.2) is 47.4 Å². The molecule has 0 saturated carbocycles. The van der Waals surface area contributed by atoms with Crippen molar-refractivity contribution in [3.05, 3.63) is 42.5 Å². The summed E-state index contributed by atoms with van der Waals surface area (Å²) >= 11 is 1.60. The highest BCUT2D eigenvalue weighted by molar-refractivity contribution is 8.00. The molecule has 0 bridgehead atoms. The van der Waals surface area contributed by atoms with Crippen LogP contribution in [0.3, 0.4) is 0 Å². The molecule has 1 heterocycles. The summed E-state index contributed by atoms with van der Waals surface area (Å²) < 4.78 is 0. The van der Waals surface area contributed by atoms with Crippen molar-refractivity contribution in [1.29, 1.82) is 0 Å². The average Bonchev–Trinajstić information content (AvgIpc) is 2.55. The highest BCUT2D eigenvalue weighted by atomic mass is 32.2. The molecule has 3 nitrogen and oxygen atoms in total. The van der Waals surface area contributed by atoms with E-state index in [2.05, 4.69) is 47.9 Å². The van der Waals surface area contributed by atoms with Crippen molar-refractivity contribution < 1.29 is 4.79 Å². The van der Waals surface area contributed by atoms with Crippen molar-refractivity contribution >= 4 is 28.4 Å². The third-order valence-corrected chi connectivity index (χ3v) is 5.26. The van der Waals surface area contributed by atoms with Gasteiger partial charge in [0.15, 0.2) is 0 Å². The van der Waals surface area contributed by atoms with Gasteiger partial charge in [0.05, 0.1) is 5.75 Å². The van der Waals surface area contributed by atoms with Crippen molar-refractivity contribution in [3.63, 3.8) is 0 Å². The van der Waals surface area contributed by atoms with E-state index in [-0.39, 0.29) is 11.9 Å². The first-order valence-electron chi connectivity index (χ1n) is 7.84. The lowest BCUT2D eigenvalue weighted by molar-refractivity contribution is -0.119. The molecule has 116 valence electrons. The highest BCUT2D eigenvalue weighted by Gasteiger charge is 2.22. The molecule has 0 aromatic heterocycles. The van der Waals surface area contributed by atoms with E-state index in [4.69, 9.17) is 0 Å². The molecule has 2 aromatic carbocycles. The SMILES string of the molecule is CC1CCNCC1NC(=O)CSc1ccc2ccccc2c1. The summed E-state index contributed by atoms with van der Waals surface area (Å²) in [7, 11) is 0. The van der Waals surface area contributed by atoms with Crippen LogP contribution in [0.5, 0.6) is 0 Å². The van der Waals surface area contributed by atoms with E-state index in [1.54, 1.807) is 11.8 Å². The molecule has 2 aromatic rings. The van der Waals surface area contributed by atoms with Gasteiger partial charge < -0.3 is 10.6 Å². The number of hydrogen-bond acceptors (Lipinski definition) is 3. The van der Waals surface area contributed by atoms with Crippen LogP contribution in [0.2, 0.25) is 0 Å². The van der Waals surface area contributed by atoms with Gasteiger partial charge >= 0.3 is 0 Å². The summed E-state index contributed by atoms with van der Waals surface area (Å²) in [5.41, 5.74) is 0. The third kappa shape index (κ3) is 3.81. The Bertz CT molecular complexity index is 658. The smallest absolute Gasteiger partial charge is 0.230 e. The second-order valence-electron chi connectivity index (χ2n) is 5.94. The zero-order chi connectivity index (χ0) is 15.4. The van der Waals surface area contributed by atoms with Crippen LogP contribution >= 0.6 is 11.8 Å². The van der Waals surface area contributed by atoms with Crippen molar-refractivity contribution in [1.82, 2.24) is 10.6 Å². The van der Waals surface area contributed by atoms with Crippen LogP contribution in [0.25, 0.3) is 10.8 Å². The average molecular weight is 314 g/mol. The van der Waals surface area contributed by atoms with E-state index in [1.807, 2.05) is 12.1 Å². The summed E-state index contributed by atoms with van der Waals surface area (Å²) in [6.45, 7) is 4.15. The monoisotopic (exact) mass is 314 g/mol. The predicted molar refractivity (Wildman–Crippen MR) is 93.3 cm³/mol. The molecular weight excluding hydrogens is 292 g/mol. The van der Waals surface area contributed by atoms with Crippen LogP contribution in [0, 0.1) is 5.92 Å². The lowest BCUT2D eigenvalue weighted by Gasteiger charge is -2.30. The van der Waals surface area contributed by atoms with Crippen molar-refractivity contribution in [3.8, 4) is 0 Å². The zero-order valence-electron chi connectivity index (χ0n) is 12.8. The van der Waals surface area contributed by atoms with Gasteiger partial charge in [-0.15, -0.1) is 11.8 Å². The predicted octanol–water partition coefficient (Wildman–Crippen LogP) is 3.05. The van der Waals surface area contributed by atoms with E-state index >= 15 is 0 Å². The molecule has 2 unspecified atom stereocenters. The Balaban J connectivity index is 1.55. The van der Waals surface area contributed by atoms with Gasteiger partial charge in [-0.2, -0.15) is 0 Å². The fraction of sp³-hybridized carbons (Fsp3) is 0.389. The minimum absolute atomic E-state index is 0.124. The molecule has 3 rings (SSSR count). The Morgan fingerprint density at radius 2 is 2.09 bits per heavy atom. The summed E-state index contributed by atoms with van der Waals surface area (Å²) in [5.74, 6) is 1.15. The molecule has 1 aliphatic heterocycles. The van der Waals surface area contributed by atoms with Gasteiger partial charge in [0, 0.05) is 17.5 Å². The van der Waals surface area contributed by atoms with E-state index in [1.165, 1.54) is 10.8 Å². The first-order chi connectivity index (χ1) is 10.7. The second-order valence-corrected chi connectivity index (χ2v) is 6.99. The summed E-state index contributed by atoms with van der Waals surface area (Å²) in [5, 5.41) is 8.95. The van der Waals surface area contributed by atoms with Gasteiger partial charge in [0.2, 0.25) is 5.91 Å². The van der Waals surface area contributed by atoms with E-state index in [0.29, 0.717) is 11.7 Å². The Morgan fingerprint density at radius 1 is 1.27 bits per heavy atom. The highest BCUT2D eigenvalue weighted by Crippen LogP contribution is 2.23. The Hall–Kier alpha value is -1.52. The number of nitrogens with one attached hydrogen (secondary N) is 2. The van der Waals surface area contributed by atoms with Crippen molar-refractivity contribution in [2.45, 2.75) is 24.3 Å². The largest absolute Gasteiger partial charge is 0.351 e. The van der Waals surface area contributed by atoms with Crippen molar-refractivity contribution in [2.24, 2.45) is 5.92 Å². The number of rotatable bonds is 4. The summed E-state index contributed by atoms with van der Waals surface area (Å²) in [6.07, 6.45) is 1.13. The molecule has 1 fully saturated rings. The van der Waals surface area contributed by atoms with Gasteiger partial charge in [-0.3, -0.25) is 4.79 Å². The Morgan fingerprint density at radius 3 is 2.91 bits per heavy atom. The maximum Gasteiger partial charge on any atom is 0.230 e. The molecule has 1 aliphatic rings. The lowest BCUT2D eigenvalue weighted by Crippen LogP contribution is -2.50. The summed E-state index contributed by atoms with van der Waals surface area (Å²) in [6, 6.07) is 14.9. The first-order valence-corrected chi connectivity index (χ1v) is 8.82. The van der Waals surface area contributed by atoms with Crippen LogP contribution in [0.1, 0.15) is 13.3 Å². The van der Waals surface area contributed by atoms with Gasteiger partial charge in [-0.05, 0) is 41.8 Å². The number of hydrogen-bond donors (Lipinski definition) is 2. The van der Waals surface area contributed by atoms with Crippen LogP contribution in [-0.4, -0.2) is 30.8 Å². The maximum atomic E-state index is 12.1. The number of amides is 1. The maximum absolute atomic E-state index is 12.1. The van der Waals surface area contributed by atoms with E-state index in [9.17, 15) is 4.79 Å². The molecule has 22 heavy (non-hydrogen) atoms. The number of piperidine rings is 1. The Labute approximate surface area is 135 Å². The molecule has 2 atom stereocenters. The molecule has 4 heteroatoms. The number of fused-ring (bicyclic) bond motifs is 1. The van der Waals surface area contributed by atoms with Crippen molar-refractivity contribution in [2.75, 3.05) is 18.8 Å².